The van der Waals surface area contributed by atoms with Crippen molar-refractivity contribution >= 4 is 11.9 Å². The van der Waals surface area contributed by atoms with E-state index in [-0.39, 0.29) is 25.2 Å². The molecule has 37 heavy (non-hydrogen) atoms. The number of hydrogen-bond donors (Lipinski definition) is 0. The van der Waals surface area contributed by atoms with E-state index in [4.69, 9.17) is 14.2 Å². The first-order valence-electron chi connectivity index (χ1n) is 15.5. The third kappa shape index (κ3) is 29.3. The van der Waals surface area contributed by atoms with Crippen molar-refractivity contribution in [1.29, 1.82) is 0 Å². The van der Waals surface area contributed by atoms with Crippen molar-refractivity contribution in [3.8, 4) is 0 Å². The van der Waals surface area contributed by atoms with Gasteiger partial charge in [-0.15, -0.1) is 0 Å². The summed E-state index contributed by atoms with van der Waals surface area (Å²) < 4.78 is 17.2. The van der Waals surface area contributed by atoms with Crippen LogP contribution in [0.4, 0.5) is 0 Å². The molecule has 0 rings (SSSR count). The highest BCUT2D eigenvalue weighted by atomic mass is 16.6. The maximum Gasteiger partial charge on any atom is 0.305 e. The second-order valence-electron chi connectivity index (χ2n) is 11.8. The lowest BCUT2D eigenvalue weighted by Gasteiger charge is -2.23. The number of hydrogen-bond acceptors (Lipinski definition) is 5. The Morgan fingerprint density at radius 3 is 1.59 bits per heavy atom. The van der Waals surface area contributed by atoms with Gasteiger partial charge in [0.1, 0.15) is 6.61 Å². The summed E-state index contributed by atoms with van der Waals surface area (Å²) in [6.07, 6.45) is 23.2. The van der Waals surface area contributed by atoms with E-state index in [9.17, 15) is 9.59 Å². The SMILES string of the molecule is CCCCCCCCCCCCCCCCCCOC[C@H](COC(=O)CCCC[N+](C)(C)C)OC(C)=O. The largest absolute Gasteiger partial charge is 0.462 e. The van der Waals surface area contributed by atoms with Crippen LogP contribution in [-0.2, 0) is 23.8 Å². The molecule has 1 atom stereocenters. The smallest absolute Gasteiger partial charge is 0.305 e. The maximum atomic E-state index is 12.0. The molecule has 0 aromatic heterocycles. The molecular formula is C31H62NO5+. The summed E-state index contributed by atoms with van der Waals surface area (Å²) in [5.74, 6) is -0.619. The average molecular weight is 529 g/mol. The number of unbranched alkanes of at least 4 members (excludes halogenated alkanes) is 16. The minimum atomic E-state index is -0.534. The Labute approximate surface area is 229 Å². The first kappa shape index (κ1) is 35.9. The fourth-order valence-corrected chi connectivity index (χ4v) is 4.43. The van der Waals surface area contributed by atoms with Gasteiger partial charge in [-0.05, 0) is 19.3 Å². The molecule has 0 bridgehead atoms. The summed E-state index contributed by atoms with van der Waals surface area (Å²) in [5.41, 5.74) is 0. The molecule has 0 amide bonds. The van der Waals surface area contributed by atoms with E-state index in [0.29, 0.717) is 13.0 Å². The molecule has 6 nitrogen and oxygen atoms in total. The molecule has 0 saturated heterocycles. The van der Waals surface area contributed by atoms with E-state index in [1.54, 1.807) is 0 Å². The van der Waals surface area contributed by atoms with Crippen LogP contribution in [0.5, 0.6) is 0 Å². The van der Waals surface area contributed by atoms with Crippen molar-refractivity contribution in [1.82, 2.24) is 0 Å². The predicted octanol–water partition coefficient (Wildman–Crippen LogP) is 7.62. The van der Waals surface area contributed by atoms with Gasteiger partial charge in [0.2, 0.25) is 0 Å². The summed E-state index contributed by atoms with van der Waals surface area (Å²) in [5, 5.41) is 0. The topological polar surface area (TPSA) is 61.8 Å². The lowest BCUT2D eigenvalue weighted by atomic mass is 10.0. The van der Waals surface area contributed by atoms with Crippen LogP contribution in [0, 0.1) is 0 Å². The normalized spacial score (nSPS) is 12.5. The molecule has 0 spiro atoms. The van der Waals surface area contributed by atoms with Crippen LogP contribution >= 0.6 is 0 Å². The van der Waals surface area contributed by atoms with E-state index in [1.165, 1.54) is 103 Å². The standard InChI is InChI=1S/C31H62NO5/c1-6-7-8-9-10-11-12-13-14-15-16-17-18-19-20-23-26-35-27-30(37-29(2)33)28-36-31(34)24-21-22-25-32(3,4)5/h30H,6-28H2,1-5H3/q+1/t30-/m1/s1. The fourth-order valence-electron chi connectivity index (χ4n) is 4.43. The second-order valence-corrected chi connectivity index (χ2v) is 11.8. The number of ether oxygens (including phenoxy) is 3. The summed E-state index contributed by atoms with van der Waals surface area (Å²) in [7, 11) is 6.42. The van der Waals surface area contributed by atoms with E-state index in [2.05, 4.69) is 28.1 Å². The lowest BCUT2D eigenvalue weighted by Crippen LogP contribution is -2.35. The van der Waals surface area contributed by atoms with Crippen molar-refractivity contribution in [3.63, 3.8) is 0 Å². The van der Waals surface area contributed by atoms with E-state index in [1.807, 2.05) is 0 Å². The van der Waals surface area contributed by atoms with Gasteiger partial charge in [-0.25, -0.2) is 0 Å². The van der Waals surface area contributed by atoms with Gasteiger partial charge in [0.25, 0.3) is 0 Å². The molecule has 220 valence electrons. The van der Waals surface area contributed by atoms with Crippen LogP contribution in [0.3, 0.4) is 0 Å². The zero-order chi connectivity index (χ0) is 27.6. The van der Waals surface area contributed by atoms with Gasteiger partial charge in [0.15, 0.2) is 6.10 Å². The Morgan fingerprint density at radius 1 is 0.649 bits per heavy atom. The van der Waals surface area contributed by atoms with Crippen molar-refractivity contribution in [2.45, 2.75) is 142 Å². The Kier molecular flexibility index (Phi) is 24.4. The zero-order valence-corrected chi connectivity index (χ0v) is 25.3. The van der Waals surface area contributed by atoms with Crippen LogP contribution in [0.25, 0.3) is 0 Å². The minimum Gasteiger partial charge on any atom is -0.462 e. The predicted molar refractivity (Wildman–Crippen MR) is 154 cm³/mol. The van der Waals surface area contributed by atoms with E-state index < -0.39 is 6.10 Å². The van der Waals surface area contributed by atoms with Gasteiger partial charge < -0.3 is 18.7 Å². The molecule has 0 aliphatic rings. The van der Waals surface area contributed by atoms with Gasteiger partial charge in [-0.1, -0.05) is 103 Å². The summed E-state index contributed by atoms with van der Waals surface area (Å²) in [6.45, 7) is 5.65. The maximum absolute atomic E-state index is 12.0. The monoisotopic (exact) mass is 528 g/mol. The van der Waals surface area contributed by atoms with Gasteiger partial charge >= 0.3 is 11.9 Å². The van der Waals surface area contributed by atoms with Crippen LogP contribution in [0.1, 0.15) is 136 Å². The highest BCUT2D eigenvalue weighted by Gasteiger charge is 2.16. The van der Waals surface area contributed by atoms with Crippen LogP contribution in [-0.4, -0.2) is 70.0 Å². The Bertz CT molecular complexity index is 532. The van der Waals surface area contributed by atoms with Crippen molar-refractivity contribution in [2.24, 2.45) is 0 Å². The number of carbonyl (C=O) groups is 2. The third-order valence-electron chi connectivity index (χ3n) is 6.67. The molecule has 0 aliphatic carbocycles. The van der Waals surface area contributed by atoms with Gasteiger partial charge in [0, 0.05) is 20.0 Å². The van der Waals surface area contributed by atoms with Crippen molar-refractivity contribution in [2.75, 3.05) is 47.5 Å². The fraction of sp³-hybridized carbons (Fsp3) is 0.935. The highest BCUT2D eigenvalue weighted by molar-refractivity contribution is 5.69. The summed E-state index contributed by atoms with van der Waals surface area (Å²) in [4.78, 5) is 23.4. The highest BCUT2D eigenvalue weighted by Crippen LogP contribution is 2.14. The number of quaternary nitrogens is 1. The van der Waals surface area contributed by atoms with Gasteiger partial charge in [-0.3, -0.25) is 9.59 Å². The molecule has 0 aromatic rings. The first-order chi connectivity index (χ1) is 17.7. The number of rotatable bonds is 27. The molecule has 0 N–H and O–H groups in total. The van der Waals surface area contributed by atoms with Crippen LogP contribution in [0.15, 0.2) is 0 Å². The minimum absolute atomic E-state index is 0.0622. The molecule has 0 unspecified atom stereocenters. The first-order valence-corrected chi connectivity index (χ1v) is 15.5. The molecule has 0 aliphatic heterocycles. The van der Waals surface area contributed by atoms with Crippen LogP contribution < -0.4 is 0 Å². The number of esters is 2. The third-order valence-corrected chi connectivity index (χ3v) is 6.67. The van der Waals surface area contributed by atoms with E-state index in [0.717, 1.165) is 30.3 Å². The zero-order valence-electron chi connectivity index (χ0n) is 25.3. The van der Waals surface area contributed by atoms with Gasteiger partial charge in [-0.2, -0.15) is 0 Å². The van der Waals surface area contributed by atoms with Crippen LogP contribution in [0.2, 0.25) is 0 Å². The molecule has 0 fully saturated rings. The van der Waals surface area contributed by atoms with Gasteiger partial charge in [0.05, 0.1) is 34.3 Å². The molecule has 0 radical (unpaired) electrons. The lowest BCUT2D eigenvalue weighted by molar-refractivity contribution is -0.870. The molecule has 0 aromatic carbocycles. The molecule has 6 heteroatoms. The Morgan fingerprint density at radius 2 is 1.14 bits per heavy atom. The number of nitrogens with zero attached hydrogens (tertiary/aromatic N) is 1. The Hall–Kier alpha value is -1.14. The molecule has 0 heterocycles. The van der Waals surface area contributed by atoms with E-state index >= 15 is 0 Å². The summed E-state index contributed by atoms with van der Waals surface area (Å²) >= 11 is 0. The number of carbonyl (C=O) groups excluding carboxylic acids is 2. The average Bonchev–Trinajstić information content (AvgIpc) is 2.83. The molecule has 0 saturated carbocycles. The van der Waals surface area contributed by atoms with Crippen molar-refractivity contribution < 1.29 is 28.3 Å². The van der Waals surface area contributed by atoms with Crippen molar-refractivity contribution in [3.05, 3.63) is 0 Å². The second kappa shape index (κ2) is 25.2. The molecular weight excluding hydrogens is 466 g/mol. The quantitative estimate of drug-likeness (QED) is 0.0623. The Balaban J connectivity index is 3.60. The summed E-state index contributed by atoms with van der Waals surface area (Å²) in [6, 6.07) is 0.